The summed E-state index contributed by atoms with van der Waals surface area (Å²) in [4.78, 5) is 11.2. The number of aryl methyl sites for hydroxylation is 1. The molecular formula is C15H19BrN4. The maximum absolute atomic E-state index is 4.59. The molecule has 0 aliphatic heterocycles. The van der Waals surface area contributed by atoms with Gasteiger partial charge < -0.3 is 10.2 Å². The minimum absolute atomic E-state index is 0.630. The summed E-state index contributed by atoms with van der Waals surface area (Å²) in [7, 11) is 0. The fourth-order valence-electron chi connectivity index (χ4n) is 2.01. The second-order valence-electron chi connectivity index (χ2n) is 4.50. The Balaban J connectivity index is 2.28. The number of hydrogen-bond acceptors (Lipinski definition) is 4. The Kier molecular flexibility index (Phi) is 4.95. The second kappa shape index (κ2) is 6.70. The first-order valence-corrected chi connectivity index (χ1v) is 7.55. The zero-order chi connectivity index (χ0) is 14.5. The molecule has 20 heavy (non-hydrogen) atoms. The molecular weight excluding hydrogens is 316 g/mol. The average Bonchev–Trinajstić information content (AvgIpc) is 2.39. The summed E-state index contributed by atoms with van der Waals surface area (Å²) in [6, 6.07) is 9.98. The van der Waals surface area contributed by atoms with Gasteiger partial charge in [-0.05, 0) is 39.0 Å². The normalized spacial score (nSPS) is 10.4. The molecule has 1 aromatic carbocycles. The molecule has 1 heterocycles. The number of hydrogen-bond donors (Lipinski definition) is 1. The predicted molar refractivity (Wildman–Crippen MR) is 87.8 cm³/mol. The third-order valence-electron chi connectivity index (χ3n) is 3.01. The minimum Gasteiger partial charge on any atom is -0.357 e. The zero-order valence-corrected chi connectivity index (χ0v) is 13.6. The van der Waals surface area contributed by atoms with E-state index in [1.807, 2.05) is 37.3 Å². The Morgan fingerprint density at radius 3 is 2.55 bits per heavy atom. The molecule has 0 spiro atoms. The van der Waals surface area contributed by atoms with Crippen LogP contribution in [0.4, 0.5) is 17.5 Å². The molecule has 0 amide bonds. The molecule has 2 rings (SSSR count). The van der Waals surface area contributed by atoms with Crippen LogP contribution in [0.3, 0.4) is 0 Å². The summed E-state index contributed by atoms with van der Waals surface area (Å²) in [6.45, 7) is 8.11. The van der Waals surface area contributed by atoms with E-state index in [1.165, 1.54) is 0 Å². The topological polar surface area (TPSA) is 41.1 Å². The molecule has 0 aliphatic rings. The summed E-state index contributed by atoms with van der Waals surface area (Å²) in [5.41, 5.74) is 1.93. The van der Waals surface area contributed by atoms with Crippen molar-refractivity contribution < 1.29 is 0 Å². The Morgan fingerprint density at radius 1 is 1.15 bits per heavy atom. The van der Waals surface area contributed by atoms with E-state index in [1.54, 1.807) is 0 Å². The fraction of sp³-hybridized carbons (Fsp3) is 0.333. The van der Waals surface area contributed by atoms with Gasteiger partial charge in [0.1, 0.15) is 5.82 Å². The average molecular weight is 335 g/mol. The van der Waals surface area contributed by atoms with Crippen LogP contribution in [-0.4, -0.2) is 23.1 Å². The molecule has 1 aromatic heterocycles. The summed E-state index contributed by atoms with van der Waals surface area (Å²) in [6.07, 6.45) is 0. The van der Waals surface area contributed by atoms with Crippen LogP contribution in [0.15, 0.2) is 34.8 Å². The first-order valence-electron chi connectivity index (χ1n) is 6.75. The quantitative estimate of drug-likeness (QED) is 0.892. The Bertz CT molecular complexity index is 582. The van der Waals surface area contributed by atoms with Crippen molar-refractivity contribution in [1.29, 1.82) is 0 Å². The smallest absolute Gasteiger partial charge is 0.229 e. The molecule has 0 unspecified atom stereocenters. The molecule has 0 saturated carbocycles. The van der Waals surface area contributed by atoms with Gasteiger partial charge in [-0.3, -0.25) is 0 Å². The van der Waals surface area contributed by atoms with E-state index < -0.39 is 0 Å². The molecule has 0 aliphatic carbocycles. The monoisotopic (exact) mass is 334 g/mol. The molecule has 5 heteroatoms. The van der Waals surface area contributed by atoms with Crippen molar-refractivity contribution in [2.24, 2.45) is 0 Å². The van der Waals surface area contributed by atoms with Gasteiger partial charge in [0, 0.05) is 35.0 Å². The first kappa shape index (κ1) is 14.8. The van der Waals surface area contributed by atoms with E-state index in [-0.39, 0.29) is 0 Å². The Labute approximate surface area is 128 Å². The van der Waals surface area contributed by atoms with Crippen LogP contribution in [0.25, 0.3) is 0 Å². The molecule has 4 nitrogen and oxygen atoms in total. The molecule has 1 N–H and O–H groups in total. The first-order chi connectivity index (χ1) is 9.62. The highest BCUT2D eigenvalue weighted by molar-refractivity contribution is 9.10. The van der Waals surface area contributed by atoms with Crippen molar-refractivity contribution in [2.75, 3.05) is 23.3 Å². The van der Waals surface area contributed by atoms with Gasteiger partial charge in [-0.2, -0.15) is 4.98 Å². The third kappa shape index (κ3) is 3.70. The number of nitrogens with zero attached hydrogens (tertiary/aromatic N) is 3. The van der Waals surface area contributed by atoms with E-state index in [0.717, 1.165) is 34.8 Å². The van der Waals surface area contributed by atoms with Crippen molar-refractivity contribution in [2.45, 2.75) is 20.8 Å². The SMILES string of the molecule is CCN(CC)c1cc(C)nc(Nc2cccc(Br)c2)n1. The van der Waals surface area contributed by atoms with Gasteiger partial charge in [0.2, 0.25) is 5.95 Å². The molecule has 0 fully saturated rings. The third-order valence-corrected chi connectivity index (χ3v) is 3.50. The van der Waals surface area contributed by atoms with Gasteiger partial charge in [-0.15, -0.1) is 0 Å². The number of aromatic nitrogens is 2. The zero-order valence-electron chi connectivity index (χ0n) is 12.0. The highest BCUT2D eigenvalue weighted by Crippen LogP contribution is 2.20. The number of anilines is 3. The van der Waals surface area contributed by atoms with Crippen molar-refractivity contribution in [3.05, 3.63) is 40.5 Å². The Hall–Kier alpha value is -1.62. The summed E-state index contributed by atoms with van der Waals surface area (Å²) >= 11 is 3.46. The summed E-state index contributed by atoms with van der Waals surface area (Å²) in [5.74, 6) is 1.59. The molecule has 2 aromatic rings. The van der Waals surface area contributed by atoms with Gasteiger partial charge in [-0.1, -0.05) is 22.0 Å². The van der Waals surface area contributed by atoms with E-state index in [0.29, 0.717) is 5.95 Å². The Morgan fingerprint density at radius 2 is 1.90 bits per heavy atom. The standard InChI is InChI=1S/C15H19BrN4/c1-4-20(5-2)14-9-11(3)17-15(19-14)18-13-8-6-7-12(16)10-13/h6-10H,4-5H2,1-3H3,(H,17,18,19). The maximum Gasteiger partial charge on any atom is 0.229 e. The lowest BCUT2D eigenvalue weighted by molar-refractivity contribution is 0.840. The van der Waals surface area contributed by atoms with Crippen molar-refractivity contribution >= 4 is 33.4 Å². The highest BCUT2D eigenvalue weighted by atomic mass is 79.9. The predicted octanol–water partition coefficient (Wildman–Crippen LogP) is 4.14. The van der Waals surface area contributed by atoms with Crippen molar-refractivity contribution in [1.82, 2.24) is 9.97 Å². The van der Waals surface area contributed by atoms with Crippen LogP contribution < -0.4 is 10.2 Å². The van der Waals surface area contributed by atoms with E-state index in [2.05, 4.69) is 50.0 Å². The molecule has 0 atom stereocenters. The lowest BCUT2D eigenvalue weighted by Crippen LogP contribution is -2.23. The van der Waals surface area contributed by atoms with Crippen LogP contribution in [-0.2, 0) is 0 Å². The number of rotatable bonds is 5. The van der Waals surface area contributed by atoms with E-state index in [9.17, 15) is 0 Å². The van der Waals surface area contributed by atoms with Crippen molar-refractivity contribution in [3.8, 4) is 0 Å². The van der Waals surface area contributed by atoms with Gasteiger partial charge in [0.25, 0.3) is 0 Å². The summed E-state index contributed by atoms with van der Waals surface area (Å²) in [5, 5.41) is 3.25. The van der Waals surface area contributed by atoms with Crippen LogP contribution in [0, 0.1) is 6.92 Å². The molecule has 0 radical (unpaired) electrons. The number of halogens is 1. The lowest BCUT2D eigenvalue weighted by Gasteiger charge is -2.20. The number of nitrogens with one attached hydrogen (secondary N) is 1. The van der Waals surface area contributed by atoms with Crippen molar-refractivity contribution in [3.63, 3.8) is 0 Å². The fourth-order valence-corrected chi connectivity index (χ4v) is 2.41. The molecule has 0 saturated heterocycles. The van der Waals surface area contributed by atoms with Crippen LogP contribution in [0.1, 0.15) is 19.5 Å². The minimum atomic E-state index is 0.630. The largest absolute Gasteiger partial charge is 0.357 e. The van der Waals surface area contributed by atoms with Gasteiger partial charge in [-0.25, -0.2) is 4.98 Å². The molecule has 106 valence electrons. The van der Waals surface area contributed by atoms with Gasteiger partial charge in [0.05, 0.1) is 0 Å². The van der Waals surface area contributed by atoms with Gasteiger partial charge >= 0.3 is 0 Å². The van der Waals surface area contributed by atoms with Crippen LogP contribution >= 0.6 is 15.9 Å². The summed E-state index contributed by atoms with van der Waals surface area (Å²) < 4.78 is 1.03. The molecule has 0 bridgehead atoms. The maximum atomic E-state index is 4.59. The van der Waals surface area contributed by atoms with E-state index >= 15 is 0 Å². The van der Waals surface area contributed by atoms with Crippen LogP contribution in [0.2, 0.25) is 0 Å². The number of benzene rings is 1. The highest BCUT2D eigenvalue weighted by Gasteiger charge is 2.07. The second-order valence-corrected chi connectivity index (χ2v) is 5.41. The van der Waals surface area contributed by atoms with Crippen LogP contribution in [0.5, 0.6) is 0 Å². The van der Waals surface area contributed by atoms with E-state index in [4.69, 9.17) is 0 Å². The lowest BCUT2D eigenvalue weighted by atomic mass is 10.3. The van der Waals surface area contributed by atoms with Gasteiger partial charge in [0.15, 0.2) is 0 Å².